The van der Waals surface area contributed by atoms with Crippen molar-refractivity contribution in [2.75, 3.05) is 0 Å². The lowest BCUT2D eigenvalue weighted by Crippen LogP contribution is -2.47. The molecule has 2 saturated carbocycles. The Morgan fingerprint density at radius 3 is 2.84 bits per heavy atom. The average Bonchev–Trinajstić information content (AvgIpc) is 2.91. The average molecular weight is 325 g/mol. The van der Waals surface area contributed by atoms with Crippen LogP contribution >= 0.6 is 15.9 Å². The predicted molar refractivity (Wildman–Crippen MR) is 76.9 cm³/mol. The van der Waals surface area contributed by atoms with Crippen LogP contribution in [0.25, 0.3) is 0 Å². The molecule has 0 radical (unpaired) electrons. The van der Waals surface area contributed by atoms with Gasteiger partial charge in [0.25, 0.3) is 5.69 Å². The van der Waals surface area contributed by atoms with E-state index < -0.39 is 0 Å². The van der Waals surface area contributed by atoms with E-state index in [0.717, 1.165) is 24.3 Å². The third-order valence-electron chi connectivity index (χ3n) is 4.80. The van der Waals surface area contributed by atoms with Crippen molar-refractivity contribution < 1.29 is 4.92 Å². The predicted octanol–water partition coefficient (Wildman–Crippen LogP) is 3.42. The van der Waals surface area contributed by atoms with Crippen LogP contribution in [0.4, 0.5) is 5.69 Å². The zero-order chi connectivity index (χ0) is 13.6. The van der Waals surface area contributed by atoms with Crippen molar-refractivity contribution in [1.82, 2.24) is 0 Å². The van der Waals surface area contributed by atoms with Crippen LogP contribution in [0.2, 0.25) is 0 Å². The van der Waals surface area contributed by atoms with E-state index in [1.165, 1.54) is 25.3 Å². The molecular formula is C14H17BrN2O2. The van der Waals surface area contributed by atoms with Crippen molar-refractivity contribution in [2.45, 2.75) is 37.6 Å². The first-order valence-electron chi connectivity index (χ1n) is 6.70. The topological polar surface area (TPSA) is 69.2 Å². The van der Waals surface area contributed by atoms with Crippen LogP contribution < -0.4 is 5.73 Å². The minimum Gasteiger partial charge on any atom is -0.325 e. The molecule has 4 nitrogen and oxygen atoms in total. The Balaban J connectivity index is 1.88. The van der Waals surface area contributed by atoms with Gasteiger partial charge in [-0.25, -0.2) is 0 Å². The molecule has 2 aliphatic rings. The molecule has 2 fully saturated rings. The van der Waals surface area contributed by atoms with Crippen molar-refractivity contribution in [3.8, 4) is 0 Å². The lowest BCUT2D eigenvalue weighted by molar-refractivity contribution is -0.385. The molecule has 5 heteroatoms. The molecule has 0 heterocycles. The Kier molecular flexibility index (Phi) is 3.14. The summed E-state index contributed by atoms with van der Waals surface area (Å²) in [6, 6.07) is 5.21. The Morgan fingerprint density at radius 2 is 2.26 bits per heavy atom. The van der Waals surface area contributed by atoms with Gasteiger partial charge in [0, 0.05) is 11.6 Å². The molecule has 3 rings (SSSR count). The highest BCUT2D eigenvalue weighted by Crippen LogP contribution is 2.51. The summed E-state index contributed by atoms with van der Waals surface area (Å²) in [5, 5.41) is 11.0. The van der Waals surface area contributed by atoms with Crippen LogP contribution in [0, 0.1) is 22.0 Å². The van der Waals surface area contributed by atoms with Crippen LogP contribution in [0.1, 0.15) is 31.2 Å². The molecule has 19 heavy (non-hydrogen) atoms. The number of hydrogen-bond acceptors (Lipinski definition) is 3. The van der Waals surface area contributed by atoms with E-state index >= 15 is 0 Å². The van der Waals surface area contributed by atoms with Crippen molar-refractivity contribution >= 4 is 21.6 Å². The van der Waals surface area contributed by atoms with Gasteiger partial charge in [0.05, 0.1) is 9.40 Å². The minimum absolute atomic E-state index is 0.129. The number of hydrogen-bond donors (Lipinski definition) is 1. The molecule has 2 aliphatic carbocycles. The number of benzene rings is 1. The summed E-state index contributed by atoms with van der Waals surface area (Å²) in [7, 11) is 0. The molecule has 3 unspecified atom stereocenters. The lowest BCUT2D eigenvalue weighted by Gasteiger charge is -2.34. The van der Waals surface area contributed by atoms with Gasteiger partial charge in [-0.05, 0) is 59.0 Å². The summed E-state index contributed by atoms with van der Waals surface area (Å²) in [5.74, 6) is 1.36. The fourth-order valence-electron chi connectivity index (χ4n) is 3.90. The summed E-state index contributed by atoms with van der Waals surface area (Å²) >= 11 is 3.37. The first-order chi connectivity index (χ1) is 8.99. The second kappa shape index (κ2) is 4.56. The largest absolute Gasteiger partial charge is 0.325 e. The van der Waals surface area contributed by atoms with Gasteiger partial charge in [0.2, 0.25) is 0 Å². The zero-order valence-electron chi connectivity index (χ0n) is 10.6. The second-order valence-corrected chi connectivity index (χ2v) is 6.79. The highest BCUT2D eigenvalue weighted by atomic mass is 79.9. The lowest BCUT2D eigenvalue weighted by atomic mass is 9.77. The van der Waals surface area contributed by atoms with Gasteiger partial charge in [-0.3, -0.25) is 10.1 Å². The molecular weight excluding hydrogens is 308 g/mol. The molecule has 3 atom stereocenters. The molecule has 0 saturated heterocycles. The number of fused-ring (bicyclic) bond motifs is 2. The Hall–Kier alpha value is -0.940. The third kappa shape index (κ3) is 2.19. The molecule has 1 aromatic carbocycles. The fraction of sp³-hybridized carbons (Fsp3) is 0.571. The summed E-state index contributed by atoms with van der Waals surface area (Å²) in [4.78, 5) is 10.6. The van der Waals surface area contributed by atoms with E-state index in [9.17, 15) is 10.1 Å². The zero-order valence-corrected chi connectivity index (χ0v) is 12.2. The number of rotatable bonds is 3. The number of nitro groups is 1. The Labute approximate surface area is 120 Å². The molecule has 2 bridgehead atoms. The van der Waals surface area contributed by atoms with Crippen molar-refractivity contribution in [2.24, 2.45) is 17.6 Å². The number of halogens is 1. The van der Waals surface area contributed by atoms with Gasteiger partial charge in [-0.1, -0.05) is 18.6 Å². The van der Waals surface area contributed by atoms with E-state index in [4.69, 9.17) is 5.73 Å². The second-order valence-electron chi connectivity index (χ2n) is 6.00. The molecule has 0 amide bonds. The first kappa shape index (κ1) is 13.1. The van der Waals surface area contributed by atoms with Gasteiger partial charge in [-0.15, -0.1) is 0 Å². The normalized spacial score (nSPS) is 32.7. The van der Waals surface area contributed by atoms with E-state index in [0.29, 0.717) is 10.4 Å². The molecule has 0 spiro atoms. The highest BCUT2D eigenvalue weighted by molar-refractivity contribution is 9.10. The standard InChI is InChI=1S/C14H17BrN2O2/c15-13-10(2-1-3-12(13)17(18)19)8-14(16)7-9-4-5-11(14)6-9/h1-3,9,11H,4-8,16H2. The van der Waals surface area contributed by atoms with Crippen molar-refractivity contribution in [3.05, 3.63) is 38.3 Å². The van der Waals surface area contributed by atoms with Crippen LogP contribution in [-0.4, -0.2) is 10.5 Å². The van der Waals surface area contributed by atoms with Gasteiger partial charge in [0.15, 0.2) is 0 Å². The number of nitrogens with two attached hydrogens (primary N) is 1. The van der Waals surface area contributed by atoms with Crippen LogP contribution in [-0.2, 0) is 6.42 Å². The molecule has 0 aromatic heterocycles. The summed E-state index contributed by atoms with van der Waals surface area (Å²) in [6.45, 7) is 0. The third-order valence-corrected chi connectivity index (χ3v) is 5.71. The molecule has 0 aliphatic heterocycles. The number of nitro benzene ring substituents is 1. The van der Waals surface area contributed by atoms with E-state index in [2.05, 4.69) is 15.9 Å². The molecule has 102 valence electrons. The van der Waals surface area contributed by atoms with Gasteiger partial charge < -0.3 is 5.73 Å². The van der Waals surface area contributed by atoms with Gasteiger partial charge in [0.1, 0.15) is 0 Å². The van der Waals surface area contributed by atoms with Crippen LogP contribution in [0.15, 0.2) is 22.7 Å². The summed E-state index contributed by atoms with van der Waals surface area (Å²) in [5.41, 5.74) is 7.51. The van der Waals surface area contributed by atoms with Crippen molar-refractivity contribution in [3.63, 3.8) is 0 Å². The summed E-state index contributed by atoms with van der Waals surface area (Å²) in [6.07, 6.45) is 5.56. The maximum atomic E-state index is 11.0. The Bertz CT molecular complexity index is 534. The van der Waals surface area contributed by atoms with E-state index in [-0.39, 0.29) is 16.1 Å². The van der Waals surface area contributed by atoms with Crippen molar-refractivity contribution in [1.29, 1.82) is 0 Å². The SMILES string of the molecule is NC1(Cc2cccc([N+](=O)[O-])c2Br)CC2CCC1C2. The van der Waals surface area contributed by atoms with Crippen LogP contribution in [0.3, 0.4) is 0 Å². The first-order valence-corrected chi connectivity index (χ1v) is 7.49. The van der Waals surface area contributed by atoms with Crippen LogP contribution in [0.5, 0.6) is 0 Å². The van der Waals surface area contributed by atoms with Gasteiger partial charge >= 0.3 is 0 Å². The smallest absolute Gasteiger partial charge is 0.283 e. The minimum atomic E-state index is -0.350. The summed E-state index contributed by atoms with van der Waals surface area (Å²) < 4.78 is 0.590. The van der Waals surface area contributed by atoms with Gasteiger partial charge in [-0.2, -0.15) is 0 Å². The Morgan fingerprint density at radius 1 is 1.47 bits per heavy atom. The number of nitrogens with zero attached hydrogens (tertiary/aromatic N) is 1. The molecule has 2 N–H and O–H groups in total. The monoisotopic (exact) mass is 324 g/mol. The van der Waals surface area contributed by atoms with E-state index in [1.54, 1.807) is 6.07 Å². The fourth-order valence-corrected chi connectivity index (χ4v) is 4.45. The molecule has 1 aromatic rings. The maximum absolute atomic E-state index is 11.0. The van der Waals surface area contributed by atoms with E-state index in [1.807, 2.05) is 6.07 Å². The maximum Gasteiger partial charge on any atom is 0.283 e. The quantitative estimate of drug-likeness (QED) is 0.684. The highest BCUT2D eigenvalue weighted by Gasteiger charge is 2.48.